The van der Waals surface area contributed by atoms with Crippen molar-refractivity contribution in [3.05, 3.63) is 125 Å². The highest BCUT2D eigenvalue weighted by Crippen LogP contribution is 2.48. The van der Waals surface area contributed by atoms with Gasteiger partial charge in [0.25, 0.3) is 0 Å². The predicted molar refractivity (Wildman–Crippen MR) is 224 cm³/mol. The number of hydrogen-bond donors (Lipinski definition) is 2. The summed E-state index contributed by atoms with van der Waals surface area (Å²) < 4.78 is 45.4. The van der Waals surface area contributed by atoms with E-state index >= 15 is 4.79 Å². The highest BCUT2D eigenvalue weighted by Gasteiger charge is 2.55. The third kappa shape index (κ3) is 9.28. The van der Waals surface area contributed by atoms with Crippen LogP contribution in [0.1, 0.15) is 49.9 Å². The molecule has 2 amide bonds. The summed E-state index contributed by atoms with van der Waals surface area (Å²) in [4.78, 5) is 19.4. The van der Waals surface area contributed by atoms with Gasteiger partial charge in [-0.25, -0.2) is 4.79 Å². The van der Waals surface area contributed by atoms with Gasteiger partial charge < -0.3 is 43.8 Å². The van der Waals surface area contributed by atoms with E-state index in [2.05, 4.69) is 29.4 Å². The van der Waals surface area contributed by atoms with Crippen LogP contribution >= 0.6 is 7.60 Å². The Hall–Kier alpha value is -4.69. The molecule has 4 aromatic carbocycles. The summed E-state index contributed by atoms with van der Waals surface area (Å²) >= 11 is 0. The second kappa shape index (κ2) is 17.7. The molecule has 13 nitrogen and oxygen atoms in total. The molecule has 0 radical (unpaired) electrons. The molecular formula is C43H53BN5O8P. The van der Waals surface area contributed by atoms with Crippen LogP contribution in [0.15, 0.2) is 103 Å². The number of carbonyl (C=O) groups is 1. The van der Waals surface area contributed by atoms with Crippen molar-refractivity contribution in [1.82, 2.24) is 19.5 Å². The first-order valence-corrected chi connectivity index (χ1v) is 21.6. The van der Waals surface area contributed by atoms with Gasteiger partial charge in [-0.1, -0.05) is 78.9 Å². The lowest BCUT2D eigenvalue weighted by molar-refractivity contribution is -0.157. The molecule has 2 fully saturated rings. The molecule has 2 saturated heterocycles. The van der Waals surface area contributed by atoms with Crippen molar-refractivity contribution in [3.8, 4) is 5.75 Å². The van der Waals surface area contributed by atoms with Crippen LogP contribution in [0.4, 0.5) is 10.6 Å². The van der Waals surface area contributed by atoms with Crippen molar-refractivity contribution in [1.29, 1.82) is 0 Å². The molecule has 3 heterocycles. The maximum absolute atomic E-state index is 15.6. The molecule has 2 aliphatic rings. The van der Waals surface area contributed by atoms with E-state index in [4.69, 9.17) is 29.0 Å². The molecule has 0 aliphatic carbocycles. The van der Waals surface area contributed by atoms with Gasteiger partial charge in [-0.05, 0) is 93.9 Å². The maximum atomic E-state index is 15.6. The highest BCUT2D eigenvalue weighted by atomic mass is 31.2. The van der Waals surface area contributed by atoms with Crippen molar-refractivity contribution in [3.63, 3.8) is 0 Å². The van der Waals surface area contributed by atoms with Crippen LogP contribution in [0.5, 0.6) is 5.75 Å². The monoisotopic (exact) mass is 809 g/mol. The molecular weight excluding hydrogens is 756 g/mol. The topological polar surface area (TPSA) is 151 Å². The second-order valence-corrected chi connectivity index (χ2v) is 17.3. The van der Waals surface area contributed by atoms with E-state index in [0.717, 1.165) is 22.3 Å². The van der Waals surface area contributed by atoms with Crippen LogP contribution in [0.3, 0.4) is 0 Å². The fourth-order valence-corrected chi connectivity index (χ4v) is 9.45. The van der Waals surface area contributed by atoms with Gasteiger partial charge in [0.15, 0.2) is 18.0 Å². The minimum absolute atomic E-state index is 0.183. The fourth-order valence-electron chi connectivity index (χ4n) is 8.13. The molecule has 1 aromatic heterocycles. The lowest BCUT2D eigenvalue weighted by Crippen LogP contribution is -2.51. The maximum Gasteiger partial charge on any atom is 0.431 e. The zero-order valence-electron chi connectivity index (χ0n) is 33.8. The summed E-state index contributed by atoms with van der Waals surface area (Å²) in [6.45, 7) is 9.91. The normalized spacial score (nSPS) is 20.6. The Morgan fingerprint density at radius 3 is 1.86 bits per heavy atom. The van der Waals surface area contributed by atoms with Gasteiger partial charge in [0.05, 0.1) is 30.8 Å². The summed E-state index contributed by atoms with van der Waals surface area (Å²) in [5.74, 6) is -0.163. The van der Waals surface area contributed by atoms with Crippen LogP contribution in [0.25, 0.3) is 10.9 Å². The number of nitrogens with zero attached hydrogens (tertiary/aromatic N) is 4. The molecule has 306 valence electrons. The number of urea groups is 1. The van der Waals surface area contributed by atoms with Crippen LogP contribution in [0, 0.1) is 0 Å². The van der Waals surface area contributed by atoms with E-state index < -0.39 is 44.7 Å². The summed E-state index contributed by atoms with van der Waals surface area (Å²) in [5.41, 5.74) is 10.8. The van der Waals surface area contributed by atoms with Crippen LogP contribution in [-0.4, -0.2) is 87.2 Å². The number of benzene rings is 4. The third-order valence-corrected chi connectivity index (χ3v) is 12.3. The first-order valence-electron chi connectivity index (χ1n) is 19.9. The Bertz CT molecular complexity index is 2210. The van der Waals surface area contributed by atoms with Gasteiger partial charge in [0.2, 0.25) is 0 Å². The highest BCUT2D eigenvalue weighted by molar-refractivity contribution is 7.53. The smallest absolute Gasteiger partial charge is 0.431 e. The number of nitrogen functional groups attached to an aromatic ring is 1. The molecule has 7 rings (SSSR count). The summed E-state index contributed by atoms with van der Waals surface area (Å²) in [7, 11) is -4.34. The molecule has 58 heavy (non-hydrogen) atoms. The number of anilines is 1. The van der Waals surface area contributed by atoms with Crippen molar-refractivity contribution >= 4 is 37.4 Å². The van der Waals surface area contributed by atoms with Gasteiger partial charge in [-0.2, -0.15) is 5.10 Å². The summed E-state index contributed by atoms with van der Waals surface area (Å²) in [6, 6.07) is 32.4. The summed E-state index contributed by atoms with van der Waals surface area (Å²) in [6.07, 6.45) is -0.204. The number of nitrogens with two attached hydrogens (primary N) is 1. The minimum atomic E-state index is -3.47. The number of hydrogen-bond acceptors (Lipinski definition) is 10. The SMILES string of the molecule is CCOP(=O)(COc1cccc(CN2C(=O)N(Cc3ccc4c(c3)c(N)nn4B(C)O)[C@H](Cc3ccccc3)[C@@H]3OC(C)(C)O[C@H]3[C@H]2Cc2ccccc2)c1)OCC. The Morgan fingerprint density at radius 2 is 1.33 bits per heavy atom. The van der Waals surface area contributed by atoms with E-state index in [1.54, 1.807) is 26.7 Å². The third-order valence-electron chi connectivity index (χ3n) is 10.6. The Balaban J connectivity index is 1.32. The number of fused-ring (bicyclic) bond motifs is 2. The number of aromatic nitrogens is 2. The number of carbonyl (C=O) groups excluding carboxylic acids is 1. The average Bonchev–Trinajstić information content (AvgIpc) is 3.70. The van der Waals surface area contributed by atoms with Crippen LogP contribution in [-0.2, 0) is 49.0 Å². The Labute approximate surface area is 340 Å². The molecule has 0 spiro atoms. The zero-order chi connectivity index (χ0) is 41.0. The average molecular weight is 810 g/mol. The lowest BCUT2D eigenvalue weighted by Gasteiger charge is -2.37. The van der Waals surface area contributed by atoms with Crippen LogP contribution < -0.4 is 10.5 Å². The molecule has 0 unspecified atom stereocenters. The van der Waals surface area contributed by atoms with Gasteiger partial charge in [0.1, 0.15) is 18.0 Å². The van der Waals surface area contributed by atoms with E-state index in [1.807, 2.05) is 96.4 Å². The molecule has 4 atom stereocenters. The van der Waals surface area contributed by atoms with E-state index in [1.165, 1.54) is 4.59 Å². The first kappa shape index (κ1) is 41.5. The lowest BCUT2D eigenvalue weighted by atomic mass is 9.89. The standard InChI is InChI=1S/C43H53BN5O8P/c1-6-54-58(52,55-7-2)29-53-34-20-14-19-32(23-34)27-47-37(25-30-15-10-8-11-16-30)39-40(57-43(3,4)56-39)38(26-31-17-12-9-13-18-31)48(42(47)50)28-33-21-22-36-35(24-33)41(45)46-49(36)44(5)51/h8-24,37-40,51H,6-7,25-29H2,1-5H3,(H2,45,46)/t37-,38-,39+,40+/m1/s1. The minimum Gasteiger partial charge on any atom is -0.481 e. The van der Waals surface area contributed by atoms with Gasteiger partial charge in [-0.3, -0.25) is 9.16 Å². The van der Waals surface area contributed by atoms with Crippen molar-refractivity contribution in [2.75, 3.05) is 25.3 Å². The Morgan fingerprint density at radius 1 is 0.793 bits per heavy atom. The largest absolute Gasteiger partial charge is 0.481 e. The molecule has 0 bridgehead atoms. The number of rotatable bonds is 16. The zero-order valence-corrected chi connectivity index (χ0v) is 34.7. The van der Waals surface area contributed by atoms with E-state index in [0.29, 0.717) is 35.3 Å². The molecule has 2 aliphatic heterocycles. The number of ether oxygens (including phenoxy) is 3. The predicted octanol–water partition coefficient (Wildman–Crippen LogP) is 7.36. The quantitative estimate of drug-likeness (QED) is 0.0765. The van der Waals surface area contributed by atoms with Gasteiger partial charge in [0, 0.05) is 18.5 Å². The summed E-state index contributed by atoms with van der Waals surface area (Å²) in [5, 5.41) is 15.4. The van der Waals surface area contributed by atoms with E-state index in [9.17, 15) is 9.59 Å². The Kier molecular flexibility index (Phi) is 12.6. The van der Waals surface area contributed by atoms with E-state index in [-0.39, 0.29) is 38.7 Å². The van der Waals surface area contributed by atoms with Gasteiger partial charge in [-0.15, -0.1) is 0 Å². The molecule has 0 saturated carbocycles. The van der Waals surface area contributed by atoms with Gasteiger partial charge >= 0.3 is 20.7 Å². The molecule has 15 heteroatoms. The first-order chi connectivity index (χ1) is 27.9. The van der Waals surface area contributed by atoms with Crippen LogP contribution in [0.2, 0.25) is 6.82 Å². The molecule has 3 N–H and O–H groups in total. The van der Waals surface area contributed by atoms with Crippen molar-refractivity contribution in [2.45, 2.75) is 90.5 Å². The second-order valence-electron chi connectivity index (χ2n) is 15.3. The van der Waals surface area contributed by atoms with Crippen molar-refractivity contribution in [2.24, 2.45) is 0 Å². The fraction of sp³-hybridized carbons (Fsp3) is 0.395. The van der Waals surface area contributed by atoms with Crippen molar-refractivity contribution < 1.29 is 37.6 Å². The molecule has 5 aromatic rings. The number of amides is 2.